The number of halogens is 3. The van der Waals surface area contributed by atoms with Crippen molar-refractivity contribution in [3.05, 3.63) is 16.4 Å². The Labute approximate surface area is 97.2 Å². The largest absolute Gasteiger partial charge is 0.390 e. The second-order valence-electron chi connectivity index (χ2n) is 3.60. The average Bonchev–Trinajstić information content (AvgIpc) is 2.44. The van der Waals surface area contributed by atoms with Crippen LogP contribution >= 0.6 is 11.6 Å². The van der Waals surface area contributed by atoms with Gasteiger partial charge < -0.3 is 10.4 Å². The summed E-state index contributed by atoms with van der Waals surface area (Å²) in [5, 5.41) is 15.4. The molecule has 1 aromatic heterocycles. The van der Waals surface area contributed by atoms with E-state index in [4.69, 9.17) is 16.7 Å². The van der Waals surface area contributed by atoms with Gasteiger partial charge in [-0.15, -0.1) is 0 Å². The molecule has 0 saturated carbocycles. The van der Waals surface area contributed by atoms with Crippen LogP contribution in [0.5, 0.6) is 0 Å². The summed E-state index contributed by atoms with van der Waals surface area (Å²) in [6.07, 6.45) is 0. The van der Waals surface area contributed by atoms with Crippen molar-refractivity contribution in [1.29, 1.82) is 0 Å². The maximum absolute atomic E-state index is 12.7. The van der Waals surface area contributed by atoms with Gasteiger partial charge >= 0.3 is 0 Å². The molecule has 0 unspecified atom stereocenters. The summed E-state index contributed by atoms with van der Waals surface area (Å²) in [5.74, 6) is -3.11. The summed E-state index contributed by atoms with van der Waals surface area (Å²) >= 11 is 5.92. The van der Waals surface area contributed by atoms with E-state index in [-0.39, 0.29) is 6.54 Å². The summed E-state index contributed by atoms with van der Waals surface area (Å²) in [4.78, 5) is 0. The van der Waals surface area contributed by atoms with Crippen LogP contribution in [0.25, 0.3) is 0 Å². The number of aromatic nitrogens is 2. The normalized spacial score (nSPS) is 12.1. The predicted molar refractivity (Wildman–Crippen MR) is 56.7 cm³/mol. The molecule has 0 amide bonds. The van der Waals surface area contributed by atoms with Gasteiger partial charge in [0.05, 0.1) is 12.2 Å². The summed E-state index contributed by atoms with van der Waals surface area (Å²) in [6.45, 7) is 0.203. The van der Waals surface area contributed by atoms with Crippen LogP contribution in [0.2, 0.25) is 5.15 Å². The third kappa shape index (κ3) is 3.13. The predicted octanol–water partition coefficient (Wildman–Crippen LogP) is 1.10. The number of aliphatic hydroxyl groups is 1. The standard InChI is InChI=1S/C9H14ClF2N3O/c1-6-7(8(10)15(2)14-6)3-13-4-9(11,12)5-16/h13,16H,3-5H2,1-2H3. The minimum Gasteiger partial charge on any atom is -0.390 e. The number of alkyl halides is 2. The van der Waals surface area contributed by atoms with Crippen molar-refractivity contribution in [3.63, 3.8) is 0 Å². The van der Waals surface area contributed by atoms with Crippen LogP contribution in [0.1, 0.15) is 11.3 Å². The van der Waals surface area contributed by atoms with E-state index in [1.807, 2.05) is 0 Å². The molecule has 0 fully saturated rings. The fraction of sp³-hybridized carbons (Fsp3) is 0.667. The molecule has 0 atom stereocenters. The lowest BCUT2D eigenvalue weighted by Gasteiger charge is -2.13. The number of aliphatic hydroxyl groups excluding tert-OH is 1. The number of hydrogen-bond donors (Lipinski definition) is 2. The molecule has 0 saturated heterocycles. The SMILES string of the molecule is Cc1nn(C)c(Cl)c1CNCC(F)(F)CO. The van der Waals surface area contributed by atoms with Crippen LogP contribution in [-0.2, 0) is 13.6 Å². The molecule has 1 aromatic rings. The third-order valence-electron chi connectivity index (χ3n) is 2.19. The van der Waals surface area contributed by atoms with Gasteiger partial charge in [-0.1, -0.05) is 11.6 Å². The Kier molecular flexibility index (Phi) is 4.23. The van der Waals surface area contributed by atoms with Crippen molar-refractivity contribution in [2.75, 3.05) is 13.2 Å². The van der Waals surface area contributed by atoms with Gasteiger partial charge in [0.25, 0.3) is 5.92 Å². The Morgan fingerprint density at radius 1 is 1.56 bits per heavy atom. The van der Waals surface area contributed by atoms with Gasteiger partial charge in [-0.3, -0.25) is 4.68 Å². The van der Waals surface area contributed by atoms with E-state index in [9.17, 15) is 8.78 Å². The summed E-state index contributed by atoms with van der Waals surface area (Å²) < 4.78 is 26.9. The Bertz CT molecular complexity index is 368. The van der Waals surface area contributed by atoms with Crippen molar-refractivity contribution < 1.29 is 13.9 Å². The van der Waals surface area contributed by atoms with Crippen LogP contribution < -0.4 is 5.32 Å². The highest BCUT2D eigenvalue weighted by molar-refractivity contribution is 6.30. The highest BCUT2D eigenvalue weighted by atomic mass is 35.5. The molecule has 0 aliphatic rings. The maximum Gasteiger partial charge on any atom is 0.282 e. The second kappa shape index (κ2) is 5.07. The first-order valence-corrected chi connectivity index (χ1v) is 5.12. The van der Waals surface area contributed by atoms with Crippen molar-refractivity contribution in [1.82, 2.24) is 15.1 Å². The smallest absolute Gasteiger partial charge is 0.282 e. The highest BCUT2D eigenvalue weighted by Crippen LogP contribution is 2.18. The topological polar surface area (TPSA) is 50.1 Å². The first-order chi connectivity index (χ1) is 7.37. The monoisotopic (exact) mass is 253 g/mol. The van der Waals surface area contributed by atoms with Gasteiger partial charge in [0.1, 0.15) is 11.8 Å². The number of rotatable bonds is 5. The molecule has 0 bridgehead atoms. The van der Waals surface area contributed by atoms with E-state index in [1.165, 1.54) is 4.68 Å². The summed E-state index contributed by atoms with van der Waals surface area (Å²) in [5.41, 5.74) is 1.39. The zero-order valence-corrected chi connectivity index (χ0v) is 9.85. The molecule has 1 heterocycles. The lowest BCUT2D eigenvalue weighted by molar-refractivity contribution is -0.0477. The number of nitrogens with zero attached hydrogens (tertiary/aromatic N) is 2. The van der Waals surface area contributed by atoms with Gasteiger partial charge in [0.15, 0.2) is 0 Å². The van der Waals surface area contributed by atoms with E-state index >= 15 is 0 Å². The number of hydrogen-bond acceptors (Lipinski definition) is 3. The van der Waals surface area contributed by atoms with E-state index < -0.39 is 19.1 Å². The van der Waals surface area contributed by atoms with E-state index in [1.54, 1.807) is 14.0 Å². The Morgan fingerprint density at radius 3 is 2.62 bits per heavy atom. The van der Waals surface area contributed by atoms with Gasteiger partial charge in [0, 0.05) is 19.2 Å². The molecular formula is C9H14ClF2N3O. The molecule has 16 heavy (non-hydrogen) atoms. The molecule has 1 rings (SSSR count). The van der Waals surface area contributed by atoms with Crippen molar-refractivity contribution >= 4 is 11.6 Å². The fourth-order valence-corrected chi connectivity index (χ4v) is 1.54. The molecular weight excluding hydrogens is 240 g/mol. The van der Waals surface area contributed by atoms with E-state index in [2.05, 4.69) is 10.4 Å². The van der Waals surface area contributed by atoms with Crippen LogP contribution in [0, 0.1) is 6.92 Å². The van der Waals surface area contributed by atoms with Crippen LogP contribution in [0.3, 0.4) is 0 Å². The van der Waals surface area contributed by atoms with Crippen LogP contribution in [0.4, 0.5) is 8.78 Å². The van der Waals surface area contributed by atoms with Gasteiger partial charge in [-0.05, 0) is 6.92 Å². The molecule has 0 aromatic carbocycles. The molecule has 2 N–H and O–H groups in total. The second-order valence-corrected chi connectivity index (χ2v) is 3.95. The first-order valence-electron chi connectivity index (χ1n) is 4.75. The minimum absolute atomic E-state index is 0.202. The molecule has 4 nitrogen and oxygen atoms in total. The van der Waals surface area contributed by atoms with Gasteiger partial charge in [-0.2, -0.15) is 5.10 Å². The zero-order valence-electron chi connectivity index (χ0n) is 9.10. The van der Waals surface area contributed by atoms with E-state index in [0.29, 0.717) is 16.4 Å². The lowest BCUT2D eigenvalue weighted by atomic mass is 10.2. The molecule has 0 aliphatic carbocycles. The number of nitrogens with one attached hydrogen (secondary N) is 1. The van der Waals surface area contributed by atoms with Crippen molar-refractivity contribution in [3.8, 4) is 0 Å². The molecule has 7 heteroatoms. The first kappa shape index (κ1) is 13.3. The van der Waals surface area contributed by atoms with Crippen LogP contribution in [0.15, 0.2) is 0 Å². The quantitative estimate of drug-likeness (QED) is 0.826. The zero-order chi connectivity index (χ0) is 12.3. The molecule has 0 radical (unpaired) electrons. The maximum atomic E-state index is 12.7. The fourth-order valence-electron chi connectivity index (χ4n) is 1.30. The van der Waals surface area contributed by atoms with Crippen molar-refractivity contribution in [2.24, 2.45) is 7.05 Å². The Morgan fingerprint density at radius 2 is 2.19 bits per heavy atom. The third-order valence-corrected chi connectivity index (χ3v) is 2.66. The van der Waals surface area contributed by atoms with Gasteiger partial charge in [-0.25, -0.2) is 8.78 Å². The lowest BCUT2D eigenvalue weighted by Crippen LogP contribution is -2.35. The summed E-state index contributed by atoms with van der Waals surface area (Å²) in [7, 11) is 1.68. The molecule has 0 aliphatic heterocycles. The van der Waals surface area contributed by atoms with Gasteiger partial charge in [0.2, 0.25) is 0 Å². The number of aryl methyl sites for hydroxylation is 2. The molecule has 0 spiro atoms. The summed E-state index contributed by atoms with van der Waals surface area (Å²) in [6, 6.07) is 0. The minimum atomic E-state index is -3.11. The molecule has 92 valence electrons. The Balaban J connectivity index is 2.55. The highest BCUT2D eigenvalue weighted by Gasteiger charge is 2.27. The van der Waals surface area contributed by atoms with Crippen molar-refractivity contribution in [2.45, 2.75) is 19.4 Å². The Hall–Kier alpha value is -0.720. The average molecular weight is 254 g/mol. The van der Waals surface area contributed by atoms with Crippen LogP contribution in [-0.4, -0.2) is 34.0 Å². The van der Waals surface area contributed by atoms with E-state index in [0.717, 1.165) is 0 Å².